The van der Waals surface area contributed by atoms with E-state index in [0.717, 1.165) is 0 Å². The number of aliphatic hydroxyl groups is 2. The van der Waals surface area contributed by atoms with Crippen LogP contribution in [-0.4, -0.2) is 106 Å². The normalized spacial score (nSPS) is 27.7. The van der Waals surface area contributed by atoms with Gasteiger partial charge in [0, 0.05) is 49.0 Å². The number of hydrogen-bond donors (Lipinski definition) is 3. The molecule has 0 radical (unpaired) electrons. The zero-order chi connectivity index (χ0) is 56.4. The topological polar surface area (TPSA) is 246 Å². The van der Waals surface area contributed by atoms with Crippen LogP contribution in [0.3, 0.4) is 0 Å². The van der Waals surface area contributed by atoms with Gasteiger partial charge in [0.15, 0.2) is 17.2 Å². The molecule has 414 valence electrons. The molecule has 2 saturated carbocycles. The van der Waals surface area contributed by atoms with Crippen LogP contribution in [0.25, 0.3) is 0 Å². The van der Waals surface area contributed by atoms with E-state index < -0.39 is 131 Å². The summed E-state index contributed by atoms with van der Waals surface area (Å²) in [7, 11) is 0. The molecule has 1 amide bonds. The minimum absolute atomic E-state index is 0.0824. The summed E-state index contributed by atoms with van der Waals surface area (Å²) in [5, 5.41) is 29.7. The minimum atomic E-state index is -2.31. The summed E-state index contributed by atoms with van der Waals surface area (Å²) in [5.74, 6) is -6.40. The number of amides is 1. The summed E-state index contributed by atoms with van der Waals surface area (Å²) in [4.78, 5) is 101. The number of esters is 2. The van der Waals surface area contributed by atoms with Gasteiger partial charge in [-0.1, -0.05) is 135 Å². The molecule has 1 aliphatic heterocycles. The Morgan fingerprint density at radius 3 is 1.87 bits per heavy atom. The highest BCUT2D eigenvalue weighted by molar-refractivity contribution is 5.97. The van der Waals surface area contributed by atoms with E-state index >= 15 is 9.59 Å². The Morgan fingerprint density at radius 2 is 1.33 bits per heavy atom. The number of nitrogens with one attached hydrogen (secondary N) is 1. The monoisotopic (exact) mass is 1070 g/mol. The van der Waals surface area contributed by atoms with E-state index in [4.69, 9.17) is 37.9 Å². The lowest BCUT2D eigenvalue weighted by Crippen LogP contribution is -2.80. The number of Topliss-reactive ketones (excluding diaryl/α,β-unsaturated/α-hetero) is 2. The maximum atomic E-state index is 15.9. The molecule has 3 fully saturated rings. The second kappa shape index (κ2) is 22.5. The van der Waals surface area contributed by atoms with Crippen LogP contribution in [0.2, 0.25) is 0 Å². The Hall–Kier alpha value is -7.41. The second-order valence-corrected chi connectivity index (χ2v) is 22.2. The molecule has 3 N–H and O–H groups in total. The molecule has 18 heteroatoms. The zero-order valence-corrected chi connectivity index (χ0v) is 44.9. The number of ketones is 2. The average Bonchev–Trinajstić information content (AvgIpc) is 3.40. The molecule has 8 rings (SSSR count). The highest BCUT2D eigenvalue weighted by Crippen LogP contribution is 2.66. The summed E-state index contributed by atoms with van der Waals surface area (Å²) in [6, 6.07) is 32.3. The van der Waals surface area contributed by atoms with E-state index in [1.165, 1.54) is 20.8 Å². The number of rotatable bonds is 15. The molecular formula is C60H67NO17. The molecule has 3 aliphatic carbocycles. The predicted octanol–water partition coefficient (Wildman–Crippen LogP) is 8.65. The summed E-state index contributed by atoms with van der Waals surface area (Å²) in [6.07, 6.45) is -13.0. The van der Waals surface area contributed by atoms with E-state index in [2.05, 4.69) is 5.32 Å². The van der Waals surface area contributed by atoms with Crippen LogP contribution >= 0.6 is 0 Å². The number of benzene rings is 4. The van der Waals surface area contributed by atoms with Gasteiger partial charge in [0.1, 0.15) is 49.3 Å². The van der Waals surface area contributed by atoms with Gasteiger partial charge in [0.2, 0.25) is 6.10 Å². The van der Waals surface area contributed by atoms with Gasteiger partial charge in [0.05, 0.1) is 17.6 Å². The van der Waals surface area contributed by atoms with Crippen molar-refractivity contribution < 1.29 is 81.7 Å². The van der Waals surface area contributed by atoms with Crippen LogP contribution in [0.15, 0.2) is 132 Å². The van der Waals surface area contributed by atoms with Crippen LogP contribution in [0.1, 0.15) is 108 Å². The first-order valence-corrected chi connectivity index (χ1v) is 25.9. The first kappa shape index (κ1) is 56.8. The number of carbonyl (C=O) groups is 7. The number of alkyl carbamates (subject to hydrolysis) is 1. The maximum absolute atomic E-state index is 15.9. The molecule has 0 spiro atoms. The molecule has 4 aliphatic rings. The Morgan fingerprint density at radius 1 is 0.782 bits per heavy atom. The Kier molecular flexibility index (Phi) is 16.4. The molecule has 2 bridgehead atoms. The maximum Gasteiger partial charge on any atom is 0.509 e. The largest absolute Gasteiger partial charge is 0.509 e. The van der Waals surface area contributed by atoms with Crippen LogP contribution in [0.4, 0.5) is 14.4 Å². The van der Waals surface area contributed by atoms with Crippen molar-refractivity contribution >= 4 is 41.9 Å². The summed E-state index contributed by atoms with van der Waals surface area (Å²) >= 11 is 0. The first-order chi connectivity index (χ1) is 36.9. The Balaban J connectivity index is 1.26. The molecule has 11 atom stereocenters. The number of fused-ring (bicyclic) bond motifs is 5. The fourth-order valence-electron chi connectivity index (χ4n) is 12.2. The van der Waals surface area contributed by atoms with Gasteiger partial charge < -0.3 is 53.4 Å². The van der Waals surface area contributed by atoms with Crippen molar-refractivity contribution in [2.45, 2.75) is 141 Å². The summed E-state index contributed by atoms with van der Waals surface area (Å²) in [6.45, 7) is 11.5. The fraction of sp³-hybridized carbons (Fsp3) is 0.450. The van der Waals surface area contributed by atoms with Gasteiger partial charge in [-0.15, -0.1) is 0 Å². The standard InChI is InChI=1S/C60H67NO17/c1-35-43(74-52(66)49(76-55(69)72-33-38-23-15-10-16-24-38)47(40-27-19-12-20-28-40)61-53(67)78-56(3,4)5)31-60(70)41(29-42(63)39-25-17-11-18-26-39)50-58(8,51(65)48(64)46(35)57(60,6)7)44(30-45-59(50,34-73-45)77-36(2)62)75-54(68)71-32-37-21-13-9-14-22-37/h9-28,41,43-45,47-50,64,70H,29-34H2,1-8H3,(H,61,67)/t41-,43-,44-,45+,47-,48+,49+,50?,58+,59-,60+/m0/s1. The van der Waals surface area contributed by atoms with Crippen molar-refractivity contribution in [3.63, 3.8) is 0 Å². The van der Waals surface area contributed by atoms with E-state index in [1.807, 2.05) is 0 Å². The third-order valence-electron chi connectivity index (χ3n) is 15.9. The smallest absolute Gasteiger partial charge is 0.455 e. The molecule has 4 aromatic rings. The molecule has 1 unspecified atom stereocenters. The summed E-state index contributed by atoms with van der Waals surface area (Å²) < 4.78 is 47.4. The zero-order valence-electron chi connectivity index (χ0n) is 44.9. The Bertz CT molecular complexity index is 2910. The molecule has 0 aromatic heterocycles. The first-order valence-electron chi connectivity index (χ1n) is 25.9. The average molecular weight is 1070 g/mol. The van der Waals surface area contributed by atoms with Gasteiger partial charge in [-0.3, -0.25) is 14.4 Å². The third kappa shape index (κ3) is 11.3. The van der Waals surface area contributed by atoms with E-state index in [1.54, 1.807) is 156 Å². The van der Waals surface area contributed by atoms with Crippen LogP contribution < -0.4 is 5.32 Å². The lowest BCUT2D eigenvalue weighted by Gasteiger charge is -2.68. The van der Waals surface area contributed by atoms with Gasteiger partial charge in [0.25, 0.3) is 0 Å². The lowest BCUT2D eigenvalue weighted by molar-refractivity contribution is -0.339. The van der Waals surface area contributed by atoms with E-state index in [9.17, 15) is 34.2 Å². The van der Waals surface area contributed by atoms with Gasteiger partial charge in [-0.2, -0.15) is 0 Å². The van der Waals surface area contributed by atoms with Gasteiger partial charge in [-0.25, -0.2) is 19.2 Å². The van der Waals surface area contributed by atoms with Crippen LogP contribution in [0, 0.1) is 22.7 Å². The third-order valence-corrected chi connectivity index (χ3v) is 15.9. The van der Waals surface area contributed by atoms with Crippen molar-refractivity contribution in [3.05, 3.63) is 155 Å². The van der Waals surface area contributed by atoms with Crippen molar-refractivity contribution in [1.82, 2.24) is 5.32 Å². The molecule has 1 heterocycles. The van der Waals surface area contributed by atoms with Crippen molar-refractivity contribution in [1.29, 1.82) is 0 Å². The van der Waals surface area contributed by atoms with Crippen molar-refractivity contribution in [2.24, 2.45) is 22.7 Å². The van der Waals surface area contributed by atoms with Crippen molar-refractivity contribution in [2.75, 3.05) is 6.61 Å². The SMILES string of the molecule is CC(=O)O[C@@]12CO[C@@H]1C[C@H](OC(=O)OCc1ccccc1)[C@@]1(C)C(=O)[C@H](O)C3=C(C)[C@@H](OC(=O)[C@H](OC(=O)OCc4ccccc4)[C@@H](NC(=O)OC(C)(C)C)c4ccccc4)C[C@@](O)([C@@H](CC(=O)c4ccccc4)C12)C3(C)C. The number of aliphatic hydroxyl groups excluding tert-OH is 1. The molecule has 1 saturated heterocycles. The molecule has 18 nitrogen and oxygen atoms in total. The van der Waals surface area contributed by atoms with Gasteiger partial charge >= 0.3 is 30.3 Å². The molecule has 4 aromatic carbocycles. The minimum Gasteiger partial charge on any atom is -0.455 e. The predicted molar refractivity (Wildman–Crippen MR) is 278 cm³/mol. The number of ether oxygens (including phenoxy) is 8. The van der Waals surface area contributed by atoms with Gasteiger partial charge in [-0.05, 0) is 62.5 Å². The summed E-state index contributed by atoms with van der Waals surface area (Å²) in [5.41, 5.74) is -7.06. The van der Waals surface area contributed by atoms with Crippen LogP contribution in [0.5, 0.6) is 0 Å². The van der Waals surface area contributed by atoms with E-state index in [-0.39, 0.29) is 48.5 Å². The van der Waals surface area contributed by atoms with Crippen molar-refractivity contribution in [3.8, 4) is 0 Å². The number of carbonyl (C=O) groups excluding carboxylic acids is 7. The fourth-order valence-corrected chi connectivity index (χ4v) is 12.2. The molecule has 78 heavy (non-hydrogen) atoms. The second-order valence-electron chi connectivity index (χ2n) is 22.2. The highest BCUT2D eigenvalue weighted by atomic mass is 16.7. The number of hydrogen-bond acceptors (Lipinski definition) is 17. The van der Waals surface area contributed by atoms with E-state index in [0.29, 0.717) is 11.1 Å². The lowest BCUT2D eigenvalue weighted by atomic mass is 9.41. The Labute approximate surface area is 452 Å². The quantitative estimate of drug-likeness (QED) is 0.0436. The van der Waals surface area contributed by atoms with Crippen LogP contribution in [-0.2, 0) is 65.5 Å². The molecular weight excluding hydrogens is 1010 g/mol. The highest BCUT2D eigenvalue weighted by Gasteiger charge is 2.77.